The zero-order valence-corrected chi connectivity index (χ0v) is 11.7. The maximum absolute atomic E-state index is 13.6. The molecule has 1 amide bonds. The Morgan fingerprint density at radius 1 is 1.30 bits per heavy atom. The Labute approximate surface area is 121 Å². The Balaban J connectivity index is 2.15. The van der Waals surface area contributed by atoms with Crippen LogP contribution in [0.2, 0.25) is 5.02 Å². The van der Waals surface area contributed by atoms with E-state index in [2.05, 4.69) is 5.32 Å². The molecular formula is C15H14ClFN2O. The topological polar surface area (TPSA) is 55.1 Å². The summed E-state index contributed by atoms with van der Waals surface area (Å²) in [5.74, 6) is -0.850. The standard InChI is InChI=1S/C15H14ClFN2O/c1-9-2-5-13(17)14(6-9)19-8-11-4-3-10(15(18)20)7-12(11)16/h2-7,19H,8H2,1H3,(H2,18,20). The molecule has 2 aromatic rings. The number of nitrogens with two attached hydrogens (primary N) is 1. The van der Waals surface area contributed by atoms with Crippen molar-refractivity contribution in [3.8, 4) is 0 Å². The van der Waals surface area contributed by atoms with Gasteiger partial charge in [-0.25, -0.2) is 4.39 Å². The second-order valence-electron chi connectivity index (χ2n) is 4.51. The lowest BCUT2D eigenvalue weighted by atomic mass is 10.1. The van der Waals surface area contributed by atoms with Crippen LogP contribution >= 0.6 is 11.6 Å². The van der Waals surface area contributed by atoms with Gasteiger partial charge in [-0.15, -0.1) is 0 Å². The summed E-state index contributed by atoms with van der Waals surface area (Å²) in [4.78, 5) is 11.0. The highest BCUT2D eigenvalue weighted by molar-refractivity contribution is 6.31. The molecule has 0 aromatic heterocycles. The molecule has 0 unspecified atom stereocenters. The molecule has 5 heteroatoms. The molecule has 3 N–H and O–H groups in total. The number of aryl methyl sites for hydroxylation is 1. The monoisotopic (exact) mass is 292 g/mol. The highest BCUT2D eigenvalue weighted by Crippen LogP contribution is 2.21. The molecule has 0 aliphatic rings. The van der Waals surface area contributed by atoms with Crippen LogP contribution in [-0.4, -0.2) is 5.91 Å². The van der Waals surface area contributed by atoms with Crippen LogP contribution in [0.4, 0.5) is 10.1 Å². The van der Waals surface area contributed by atoms with Crippen LogP contribution in [0.3, 0.4) is 0 Å². The van der Waals surface area contributed by atoms with Gasteiger partial charge in [0.1, 0.15) is 5.82 Å². The third-order valence-electron chi connectivity index (χ3n) is 2.93. The molecule has 0 atom stereocenters. The molecule has 0 saturated carbocycles. The van der Waals surface area contributed by atoms with Gasteiger partial charge in [-0.3, -0.25) is 4.79 Å². The number of primary amides is 1. The second-order valence-corrected chi connectivity index (χ2v) is 4.91. The number of hydrogen-bond acceptors (Lipinski definition) is 2. The number of nitrogens with one attached hydrogen (secondary N) is 1. The molecule has 2 aromatic carbocycles. The van der Waals surface area contributed by atoms with Crippen molar-refractivity contribution < 1.29 is 9.18 Å². The van der Waals surface area contributed by atoms with Crippen molar-refractivity contribution >= 4 is 23.2 Å². The molecule has 0 radical (unpaired) electrons. The summed E-state index contributed by atoms with van der Waals surface area (Å²) >= 11 is 6.07. The Hall–Kier alpha value is -2.07. The molecule has 0 bridgehead atoms. The predicted octanol–water partition coefficient (Wildman–Crippen LogP) is 3.50. The van der Waals surface area contributed by atoms with Crippen molar-refractivity contribution in [1.29, 1.82) is 0 Å². The van der Waals surface area contributed by atoms with Gasteiger partial charge in [0.05, 0.1) is 5.69 Å². The van der Waals surface area contributed by atoms with Crippen LogP contribution in [0.1, 0.15) is 21.5 Å². The van der Waals surface area contributed by atoms with E-state index < -0.39 is 5.91 Å². The lowest BCUT2D eigenvalue weighted by Crippen LogP contribution is -2.11. The van der Waals surface area contributed by atoms with E-state index in [1.54, 1.807) is 24.3 Å². The smallest absolute Gasteiger partial charge is 0.248 e. The lowest BCUT2D eigenvalue weighted by molar-refractivity contribution is 0.100. The number of halogens is 2. The molecule has 0 saturated heterocycles. The van der Waals surface area contributed by atoms with E-state index in [-0.39, 0.29) is 5.82 Å². The average Bonchev–Trinajstić information content (AvgIpc) is 2.40. The number of hydrogen-bond donors (Lipinski definition) is 2. The van der Waals surface area contributed by atoms with Crippen molar-refractivity contribution in [1.82, 2.24) is 0 Å². The highest BCUT2D eigenvalue weighted by Gasteiger charge is 2.07. The highest BCUT2D eigenvalue weighted by atomic mass is 35.5. The van der Waals surface area contributed by atoms with Gasteiger partial charge >= 0.3 is 0 Å². The molecule has 0 aliphatic carbocycles. The third kappa shape index (κ3) is 3.27. The number of rotatable bonds is 4. The number of benzene rings is 2. The fourth-order valence-corrected chi connectivity index (χ4v) is 2.06. The molecule has 0 spiro atoms. The van der Waals surface area contributed by atoms with E-state index in [1.807, 2.05) is 6.92 Å². The first kappa shape index (κ1) is 14.3. The lowest BCUT2D eigenvalue weighted by Gasteiger charge is -2.10. The maximum atomic E-state index is 13.6. The number of carbonyl (C=O) groups excluding carboxylic acids is 1. The number of carbonyl (C=O) groups is 1. The van der Waals surface area contributed by atoms with Crippen molar-refractivity contribution in [2.45, 2.75) is 13.5 Å². The molecule has 3 nitrogen and oxygen atoms in total. The van der Waals surface area contributed by atoms with Crippen LogP contribution in [0.15, 0.2) is 36.4 Å². The average molecular weight is 293 g/mol. The van der Waals surface area contributed by atoms with Crippen LogP contribution < -0.4 is 11.1 Å². The van der Waals surface area contributed by atoms with Gasteiger partial charge in [0.2, 0.25) is 5.91 Å². The Bertz CT molecular complexity index is 658. The SMILES string of the molecule is Cc1ccc(F)c(NCc2ccc(C(N)=O)cc2Cl)c1. The predicted molar refractivity (Wildman–Crippen MR) is 78.4 cm³/mol. The molecule has 0 fully saturated rings. The summed E-state index contributed by atoms with van der Waals surface area (Å²) in [6, 6.07) is 9.64. The third-order valence-corrected chi connectivity index (χ3v) is 3.28. The second kappa shape index (κ2) is 5.92. The molecular weight excluding hydrogens is 279 g/mol. The summed E-state index contributed by atoms with van der Waals surface area (Å²) in [5.41, 5.74) is 7.66. The zero-order chi connectivity index (χ0) is 14.7. The van der Waals surface area contributed by atoms with Crippen LogP contribution in [0, 0.1) is 12.7 Å². The van der Waals surface area contributed by atoms with Gasteiger partial charge in [0.25, 0.3) is 0 Å². The van der Waals surface area contributed by atoms with E-state index in [1.165, 1.54) is 12.1 Å². The van der Waals surface area contributed by atoms with Gasteiger partial charge in [-0.2, -0.15) is 0 Å². The van der Waals surface area contributed by atoms with Gasteiger partial charge in [0, 0.05) is 17.1 Å². The van der Waals surface area contributed by atoms with Crippen LogP contribution in [0.5, 0.6) is 0 Å². The van der Waals surface area contributed by atoms with Gasteiger partial charge in [-0.1, -0.05) is 23.7 Å². The summed E-state index contributed by atoms with van der Waals surface area (Å²) in [7, 11) is 0. The van der Waals surface area contributed by atoms with E-state index in [0.29, 0.717) is 22.8 Å². The van der Waals surface area contributed by atoms with Gasteiger partial charge in [-0.05, 0) is 42.3 Å². The molecule has 20 heavy (non-hydrogen) atoms. The minimum atomic E-state index is -0.531. The first-order valence-electron chi connectivity index (χ1n) is 6.05. The van der Waals surface area contributed by atoms with Gasteiger partial charge < -0.3 is 11.1 Å². The summed E-state index contributed by atoms with van der Waals surface area (Å²) < 4.78 is 13.6. The fourth-order valence-electron chi connectivity index (χ4n) is 1.81. The summed E-state index contributed by atoms with van der Waals surface area (Å²) in [6.07, 6.45) is 0. The minimum Gasteiger partial charge on any atom is -0.379 e. The van der Waals surface area contributed by atoms with Crippen molar-refractivity contribution in [3.63, 3.8) is 0 Å². The Morgan fingerprint density at radius 2 is 2.05 bits per heavy atom. The Kier molecular flexibility index (Phi) is 4.25. The molecule has 2 rings (SSSR count). The summed E-state index contributed by atoms with van der Waals surface area (Å²) in [6.45, 7) is 2.25. The van der Waals surface area contributed by atoms with E-state index in [0.717, 1.165) is 11.1 Å². The van der Waals surface area contributed by atoms with Crippen molar-refractivity contribution in [3.05, 3.63) is 63.9 Å². The Morgan fingerprint density at radius 3 is 2.70 bits per heavy atom. The fraction of sp³-hybridized carbons (Fsp3) is 0.133. The first-order chi connectivity index (χ1) is 9.47. The first-order valence-corrected chi connectivity index (χ1v) is 6.43. The van der Waals surface area contributed by atoms with E-state index in [4.69, 9.17) is 17.3 Å². The molecule has 0 heterocycles. The minimum absolute atomic E-state index is 0.319. The van der Waals surface area contributed by atoms with Crippen molar-refractivity contribution in [2.75, 3.05) is 5.32 Å². The van der Waals surface area contributed by atoms with E-state index >= 15 is 0 Å². The van der Waals surface area contributed by atoms with E-state index in [9.17, 15) is 9.18 Å². The van der Waals surface area contributed by atoms with Crippen LogP contribution in [0.25, 0.3) is 0 Å². The number of anilines is 1. The van der Waals surface area contributed by atoms with Gasteiger partial charge in [0.15, 0.2) is 0 Å². The molecule has 104 valence electrons. The van der Waals surface area contributed by atoms with Crippen molar-refractivity contribution in [2.24, 2.45) is 5.73 Å². The normalized spacial score (nSPS) is 10.3. The largest absolute Gasteiger partial charge is 0.379 e. The summed E-state index contributed by atoms with van der Waals surface area (Å²) in [5, 5.41) is 3.40. The quantitative estimate of drug-likeness (QED) is 0.906. The molecule has 0 aliphatic heterocycles. The zero-order valence-electron chi connectivity index (χ0n) is 10.9. The maximum Gasteiger partial charge on any atom is 0.248 e. The van der Waals surface area contributed by atoms with Crippen LogP contribution in [-0.2, 0) is 6.54 Å². The number of amides is 1.